The zero-order valence-corrected chi connectivity index (χ0v) is 10.4. The molecular formula is C13H14FN3O2. The number of hydrogen-bond donors (Lipinski definition) is 2. The normalized spacial score (nSPS) is 10.4. The van der Waals surface area contributed by atoms with Crippen molar-refractivity contribution in [3.05, 3.63) is 47.7 Å². The fourth-order valence-electron chi connectivity index (χ4n) is 1.82. The lowest BCUT2D eigenvalue weighted by atomic mass is 10.1. The van der Waals surface area contributed by atoms with E-state index in [2.05, 4.69) is 0 Å². The van der Waals surface area contributed by atoms with Crippen LogP contribution in [0.5, 0.6) is 0 Å². The third kappa shape index (κ3) is 2.67. The van der Waals surface area contributed by atoms with Gasteiger partial charge in [-0.2, -0.15) is 0 Å². The van der Waals surface area contributed by atoms with E-state index in [1.165, 1.54) is 12.3 Å². The van der Waals surface area contributed by atoms with Gasteiger partial charge in [-0.3, -0.25) is 4.79 Å². The average molecular weight is 263 g/mol. The average Bonchev–Trinajstić information content (AvgIpc) is 2.81. The van der Waals surface area contributed by atoms with Gasteiger partial charge in [-0.25, -0.2) is 4.39 Å². The zero-order valence-electron chi connectivity index (χ0n) is 10.4. The number of carbonyl (C=O) groups is 1. The minimum Gasteiger partial charge on any atom is -0.472 e. The molecule has 2 rings (SSSR count). The predicted octanol–water partition coefficient (Wildman–Crippen LogP) is 1.74. The molecule has 100 valence electrons. The number of rotatable bonds is 4. The van der Waals surface area contributed by atoms with Crippen LogP contribution in [0.15, 0.2) is 35.1 Å². The van der Waals surface area contributed by atoms with E-state index in [4.69, 9.17) is 15.9 Å². The van der Waals surface area contributed by atoms with E-state index < -0.39 is 11.7 Å². The van der Waals surface area contributed by atoms with Crippen molar-refractivity contribution in [2.24, 2.45) is 5.73 Å². The third-order valence-electron chi connectivity index (χ3n) is 2.80. The second kappa shape index (κ2) is 5.01. The molecule has 1 amide bonds. The number of carbonyl (C=O) groups excluding carboxylic acids is 1. The monoisotopic (exact) mass is 263 g/mol. The van der Waals surface area contributed by atoms with Gasteiger partial charge in [0.25, 0.3) is 5.91 Å². The van der Waals surface area contributed by atoms with E-state index >= 15 is 0 Å². The van der Waals surface area contributed by atoms with E-state index in [-0.39, 0.29) is 16.9 Å². The highest BCUT2D eigenvalue weighted by molar-refractivity contribution is 5.99. The number of nitrogens with two attached hydrogens (primary N) is 2. The first-order valence-electron chi connectivity index (χ1n) is 5.60. The van der Waals surface area contributed by atoms with Crippen molar-refractivity contribution in [1.29, 1.82) is 0 Å². The van der Waals surface area contributed by atoms with E-state index in [1.807, 2.05) is 0 Å². The molecule has 0 saturated heterocycles. The van der Waals surface area contributed by atoms with Crippen LogP contribution in [0.2, 0.25) is 0 Å². The summed E-state index contributed by atoms with van der Waals surface area (Å²) in [4.78, 5) is 12.9. The van der Waals surface area contributed by atoms with Crippen LogP contribution in [0, 0.1) is 5.82 Å². The van der Waals surface area contributed by atoms with Gasteiger partial charge in [-0.1, -0.05) is 0 Å². The molecule has 0 aliphatic carbocycles. The van der Waals surface area contributed by atoms with E-state index in [0.717, 1.165) is 11.6 Å². The Morgan fingerprint density at radius 1 is 1.47 bits per heavy atom. The van der Waals surface area contributed by atoms with Gasteiger partial charge in [0.05, 0.1) is 23.8 Å². The van der Waals surface area contributed by atoms with Gasteiger partial charge < -0.3 is 20.8 Å². The fraction of sp³-hybridized carbons (Fsp3) is 0.154. The van der Waals surface area contributed by atoms with E-state index in [1.54, 1.807) is 24.3 Å². The molecule has 0 aliphatic rings. The maximum Gasteiger partial charge on any atom is 0.250 e. The van der Waals surface area contributed by atoms with Crippen LogP contribution in [-0.4, -0.2) is 13.0 Å². The largest absolute Gasteiger partial charge is 0.472 e. The zero-order chi connectivity index (χ0) is 14.0. The molecule has 0 bridgehead atoms. The van der Waals surface area contributed by atoms with Crippen molar-refractivity contribution in [3.8, 4) is 0 Å². The lowest BCUT2D eigenvalue weighted by molar-refractivity contribution is 0.100. The maximum atomic E-state index is 13.9. The molecule has 2 aromatic rings. The second-order valence-electron chi connectivity index (χ2n) is 4.24. The summed E-state index contributed by atoms with van der Waals surface area (Å²) in [5, 5.41) is 0. The molecular weight excluding hydrogens is 249 g/mol. The number of anilines is 2. The molecule has 0 atom stereocenters. The summed E-state index contributed by atoms with van der Waals surface area (Å²) in [6.07, 6.45) is 3.11. The lowest BCUT2D eigenvalue weighted by Crippen LogP contribution is -2.20. The Hall–Kier alpha value is -2.50. The highest BCUT2D eigenvalue weighted by Crippen LogP contribution is 2.25. The van der Waals surface area contributed by atoms with Gasteiger partial charge in [0.15, 0.2) is 0 Å². The van der Waals surface area contributed by atoms with Crippen LogP contribution in [0.25, 0.3) is 0 Å². The highest BCUT2D eigenvalue weighted by atomic mass is 19.1. The Balaban J connectivity index is 2.33. The topological polar surface area (TPSA) is 85.5 Å². The summed E-state index contributed by atoms with van der Waals surface area (Å²) >= 11 is 0. The number of nitrogen functional groups attached to an aromatic ring is 1. The summed E-state index contributed by atoms with van der Waals surface area (Å²) in [6.45, 7) is 0.440. The standard InChI is InChI=1S/C13H14FN3O2/c1-17(6-8-2-3-19-7-8)12-4-9(13(16)18)11(15)5-10(12)14/h2-5,7H,6,15H2,1H3,(H2,16,18). The van der Waals surface area contributed by atoms with Crippen LogP contribution >= 0.6 is 0 Å². The molecule has 0 aliphatic heterocycles. The van der Waals surface area contributed by atoms with E-state index in [0.29, 0.717) is 6.54 Å². The highest BCUT2D eigenvalue weighted by Gasteiger charge is 2.15. The van der Waals surface area contributed by atoms with Crippen molar-refractivity contribution in [2.75, 3.05) is 17.7 Å². The Kier molecular flexibility index (Phi) is 3.41. The number of nitrogens with zero attached hydrogens (tertiary/aromatic N) is 1. The van der Waals surface area contributed by atoms with Crippen molar-refractivity contribution in [3.63, 3.8) is 0 Å². The lowest BCUT2D eigenvalue weighted by Gasteiger charge is -2.20. The summed E-state index contributed by atoms with van der Waals surface area (Å²) in [7, 11) is 1.70. The number of hydrogen-bond acceptors (Lipinski definition) is 4. The van der Waals surface area contributed by atoms with Crippen LogP contribution in [0.3, 0.4) is 0 Å². The third-order valence-corrected chi connectivity index (χ3v) is 2.80. The smallest absolute Gasteiger partial charge is 0.250 e. The fourth-order valence-corrected chi connectivity index (χ4v) is 1.82. The molecule has 1 aromatic carbocycles. The molecule has 6 heteroatoms. The molecule has 5 nitrogen and oxygen atoms in total. The molecule has 4 N–H and O–H groups in total. The first-order chi connectivity index (χ1) is 8.99. The van der Waals surface area contributed by atoms with Crippen LogP contribution in [0.1, 0.15) is 15.9 Å². The van der Waals surface area contributed by atoms with Gasteiger partial charge in [-0.15, -0.1) is 0 Å². The van der Waals surface area contributed by atoms with Crippen LogP contribution < -0.4 is 16.4 Å². The maximum absolute atomic E-state index is 13.9. The van der Waals surface area contributed by atoms with Gasteiger partial charge >= 0.3 is 0 Å². The van der Waals surface area contributed by atoms with Crippen molar-refractivity contribution < 1.29 is 13.6 Å². The Morgan fingerprint density at radius 2 is 2.21 bits per heavy atom. The van der Waals surface area contributed by atoms with Crippen molar-refractivity contribution >= 4 is 17.3 Å². The van der Waals surface area contributed by atoms with E-state index in [9.17, 15) is 9.18 Å². The van der Waals surface area contributed by atoms with Crippen LogP contribution in [0.4, 0.5) is 15.8 Å². The molecule has 0 fully saturated rings. The Morgan fingerprint density at radius 3 is 2.79 bits per heavy atom. The molecule has 0 saturated carbocycles. The summed E-state index contributed by atoms with van der Waals surface area (Å²) in [5.41, 5.74) is 12.0. The quantitative estimate of drug-likeness (QED) is 0.823. The Bertz CT molecular complexity index is 596. The number of halogens is 1. The van der Waals surface area contributed by atoms with Crippen LogP contribution in [-0.2, 0) is 6.54 Å². The molecule has 1 aromatic heterocycles. The summed E-state index contributed by atoms with van der Waals surface area (Å²) < 4.78 is 18.8. The summed E-state index contributed by atoms with van der Waals surface area (Å²) in [5.74, 6) is -1.19. The number of amides is 1. The molecule has 0 unspecified atom stereocenters. The second-order valence-corrected chi connectivity index (χ2v) is 4.24. The summed E-state index contributed by atoms with van der Waals surface area (Å²) in [6, 6.07) is 4.23. The van der Waals surface area contributed by atoms with Gasteiger partial charge in [0, 0.05) is 24.8 Å². The minimum absolute atomic E-state index is 0.0328. The molecule has 0 radical (unpaired) electrons. The molecule has 1 heterocycles. The van der Waals surface area contributed by atoms with Crippen molar-refractivity contribution in [1.82, 2.24) is 0 Å². The molecule has 0 spiro atoms. The number of primary amides is 1. The van der Waals surface area contributed by atoms with Gasteiger partial charge in [0.2, 0.25) is 0 Å². The van der Waals surface area contributed by atoms with Gasteiger partial charge in [0.1, 0.15) is 5.82 Å². The number of benzene rings is 1. The minimum atomic E-state index is -0.685. The predicted molar refractivity (Wildman–Crippen MR) is 70.1 cm³/mol. The number of furan rings is 1. The Labute approximate surface area is 109 Å². The molecule has 19 heavy (non-hydrogen) atoms. The van der Waals surface area contributed by atoms with Crippen molar-refractivity contribution in [2.45, 2.75) is 6.54 Å². The first-order valence-corrected chi connectivity index (χ1v) is 5.60. The first kappa shape index (κ1) is 12.9. The SMILES string of the molecule is CN(Cc1ccoc1)c1cc(C(N)=O)c(N)cc1F. The van der Waals surface area contributed by atoms with Gasteiger partial charge in [-0.05, 0) is 18.2 Å².